The minimum atomic E-state index is -0.0130. The van der Waals surface area contributed by atoms with Gasteiger partial charge < -0.3 is 15.2 Å². The van der Waals surface area contributed by atoms with E-state index in [1.807, 2.05) is 24.3 Å². The summed E-state index contributed by atoms with van der Waals surface area (Å²) in [6, 6.07) is 7.87. The van der Waals surface area contributed by atoms with E-state index in [-0.39, 0.29) is 12.6 Å². The first-order valence-electron chi connectivity index (χ1n) is 6.96. The first-order valence-corrected chi connectivity index (χ1v) is 6.96. The number of hydrogen-bond acceptors (Lipinski definition) is 3. The van der Waals surface area contributed by atoms with Crippen molar-refractivity contribution >= 4 is 0 Å². The third-order valence-electron chi connectivity index (χ3n) is 3.71. The van der Waals surface area contributed by atoms with Crippen molar-refractivity contribution in [2.24, 2.45) is 5.92 Å². The summed E-state index contributed by atoms with van der Waals surface area (Å²) >= 11 is 0. The van der Waals surface area contributed by atoms with Crippen LogP contribution in [-0.2, 0) is 0 Å². The maximum Gasteiger partial charge on any atom is 0.119 e. The molecule has 0 heterocycles. The SMILES string of the molecule is COc1cccc(C(CO)NCC2CC=CCC2)c1. The summed E-state index contributed by atoms with van der Waals surface area (Å²) in [5.41, 5.74) is 1.08. The van der Waals surface area contributed by atoms with Gasteiger partial charge in [-0.3, -0.25) is 0 Å². The molecule has 1 aliphatic rings. The van der Waals surface area contributed by atoms with Crippen LogP contribution >= 0.6 is 0 Å². The summed E-state index contributed by atoms with van der Waals surface area (Å²) in [4.78, 5) is 0. The summed E-state index contributed by atoms with van der Waals surface area (Å²) in [7, 11) is 1.66. The summed E-state index contributed by atoms with van der Waals surface area (Å²) in [6.45, 7) is 1.06. The molecule has 19 heavy (non-hydrogen) atoms. The van der Waals surface area contributed by atoms with E-state index in [2.05, 4.69) is 17.5 Å². The van der Waals surface area contributed by atoms with Crippen LogP contribution in [0.2, 0.25) is 0 Å². The summed E-state index contributed by atoms with van der Waals surface area (Å²) < 4.78 is 5.23. The highest BCUT2D eigenvalue weighted by Gasteiger charge is 2.14. The molecule has 2 unspecified atom stereocenters. The normalized spacial score (nSPS) is 20.2. The summed E-state index contributed by atoms with van der Waals surface area (Å²) in [6.07, 6.45) is 8.07. The Hall–Kier alpha value is -1.32. The first-order chi connectivity index (χ1) is 9.33. The molecule has 2 N–H and O–H groups in total. The molecule has 104 valence electrons. The van der Waals surface area contributed by atoms with Crippen molar-refractivity contribution < 1.29 is 9.84 Å². The molecule has 0 saturated carbocycles. The van der Waals surface area contributed by atoms with Gasteiger partial charge in [0.05, 0.1) is 19.8 Å². The third-order valence-corrected chi connectivity index (χ3v) is 3.71. The van der Waals surface area contributed by atoms with Crippen molar-refractivity contribution in [2.45, 2.75) is 25.3 Å². The van der Waals surface area contributed by atoms with E-state index >= 15 is 0 Å². The van der Waals surface area contributed by atoms with Crippen LogP contribution in [0.1, 0.15) is 30.9 Å². The number of aliphatic hydroxyl groups excluding tert-OH is 1. The highest BCUT2D eigenvalue weighted by molar-refractivity contribution is 5.30. The molecule has 0 bridgehead atoms. The molecule has 0 saturated heterocycles. The number of benzene rings is 1. The second kappa shape index (κ2) is 7.31. The lowest BCUT2D eigenvalue weighted by Crippen LogP contribution is -2.30. The number of allylic oxidation sites excluding steroid dienone is 2. The van der Waals surface area contributed by atoms with Gasteiger partial charge in [-0.2, -0.15) is 0 Å². The lowest BCUT2D eigenvalue weighted by atomic mass is 9.94. The molecular weight excluding hydrogens is 238 g/mol. The Morgan fingerprint density at radius 1 is 1.42 bits per heavy atom. The van der Waals surface area contributed by atoms with Gasteiger partial charge in [0.1, 0.15) is 5.75 Å². The average Bonchev–Trinajstić information content (AvgIpc) is 2.49. The Labute approximate surface area is 115 Å². The van der Waals surface area contributed by atoms with Crippen LogP contribution < -0.4 is 10.1 Å². The molecule has 3 nitrogen and oxygen atoms in total. The molecule has 2 rings (SSSR count). The van der Waals surface area contributed by atoms with Crippen molar-refractivity contribution in [1.29, 1.82) is 0 Å². The van der Waals surface area contributed by atoms with Gasteiger partial charge >= 0.3 is 0 Å². The first kappa shape index (κ1) is 14.1. The number of nitrogens with one attached hydrogen (secondary N) is 1. The molecule has 0 fully saturated rings. The van der Waals surface area contributed by atoms with Gasteiger partial charge in [0.2, 0.25) is 0 Å². The maximum absolute atomic E-state index is 9.56. The average molecular weight is 261 g/mol. The van der Waals surface area contributed by atoms with Crippen LogP contribution in [0.25, 0.3) is 0 Å². The van der Waals surface area contributed by atoms with Crippen molar-refractivity contribution in [2.75, 3.05) is 20.3 Å². The number of aliphatic hydroxyl groups is 1. The van der Waals surface area contributed by atoms with Crippen molar-refractivity contribution in [3.63, 3.8) is 0 Å². The van der Waals surface area contributed by atoms with E-state index in [1.54, 1.807) is 7.11 Å². The number of rotatable bonds is 6. The van der Waals surface area contributed by atoms with E-state index in [0.29, 0.717) is 5.92 Å². The van der Waals surface area contributed by atoms with Crippen LogP contribution in [0.15, 0.2) is 36.4 Å². The Morgan fingerprint density at radius 3 is 3.00 bits per heavy atom. The Balaban J connectivity index is 1.93. The monoisotopic (exact) mass is 261 g/mol. The Morgan fingerprint density at radius 2 is 2.32 bits per heavy atom. The quantitative estimate of drug-likeness (QED) is 0.774. The second-order valence-electron chi connectivity index (χ2n) is 5.07. The summed E-state index contributed by atoms with van der Waals surface area (Å²) in [5, 5.41) is 13.0. The van der Waals surface area contributed by atoms with Crippen molar-refractivity contribution in [3.8, 4) is 5.75 Å². The molecule has 0 radical (unpaired) electrons. The zero-order valence-corrected chi connectivity index (χ0v) is 11.5. The van der Waals surface area contributed by atoms with E-state index in [4.69, 9.17) is 4.74 Å². The number of methoxy groups -OCH3 is 1. The minimum absolute atomic E-state index is 0.0130. The van der Waals surface area contributed by atoms with Crippen LogP contribution in [0.5, 0.6) is 5.75 Å². The zero-order chi connectivity index (χ0) is 13.5. The van der Waals surface area contributed by atoms with Crippen LogP contribution in [0.4, 0.5) is 0 Å². The highest BCUT2D eigenvalue weighted by atomic mass is 16.5. The van der Waals surface area contributed by atoms with E-state index in [0.717, 1.165) is 24.3 Å². The van der Waals surface area contributed by atoms with E-state index in [1.165, 1.54) is 12.8 Å². The lowest BCUT2D eigenvalue weighted by molar-refractivity contribution is 0.237. The van der Waals surface area contributed by atoms with E-state index < -0.39 is 0 Å². The van der Waals surface area contributed by atoms with Gasteiger partial charge in [0, 0.05) is 0 Å². The lowest BCUT2D eigenvalue weighted by Gasteiger charge is -2.23. The largest absolute Gasteiger partial charge is 0.497 e. The molecule has 3 heteroatoms. The number of ether oxygens (including phenoxy) is 1. The number of hydrogen-bond donors (Lipinski definition) is 2. The molecule has 1 aliphatic carbocycles. The summed E-state index contributed by atoms with van der Waals surface area (Å²) in [5.74, 6) is 1.52. The predicted octanol–water partition coefficient (Wildman–Crippen LogP) is 2.67. The highest BCUT2D eigenvalue weighted by Crippen LogP contribution is 2.21. The molecule has 0 spiro atoms. The van der Waals surface area contributed by atoms with Gasteiger partial charge in [-0.1, -0.05) is 24.3 Å². The van der Waals surface area contributed by atoms with Crippen LogP contribution in [-0.4, -0.2) is 25.4 Å². The van der Waals surface area contributed by atoms with E-state index in [9.17, 15) is 5.11 Å². The second-order valence-corrected chi connectivity index (χ2v) is 5.07. The smallest absolute Gasteiger partial charge is 0.119 e. The third kappa shape index (κ3) is 4.08. The topological polar surface area (TPSA) is 41.5 Å². The van der Waals surface area contributed by atoms with Gasteiger partial charge in [0.15, 0.2) is 0 Å². The fourth-order valence-electron chi connectivity index (χ4n) is 2.50. The van der Waals surface area contributed by atoms with Crippen LogP contribution in [0, 0.1) is 5.92 Å². The standard InChI is InChI=1S/C16H23NO2/c1-19-15-9-5-8-14(10-15)16(12-18)17-11-13-6-3-2-4-7-13/h2-3,5,8-10,13,16-18H,4,6-7,11-12H2,1H3. The van der Waals surface area contributed by atoms with Gasteiger partial charge in [-0.15, -0.1) is 0 Å². The minimum Gasteiger partial charge on any atom is -0.497 e. The molecule has 1 aromatic carbocycles. The molecule has 0 aliphatic heterocycles. The van der Waals surface area contributed by atoms with Crippen molar-refractivity contribution in [1.82, 2.24) is 5.32 Å². The molecule has 1 aromatic rings. The molecular formula is C16H23NO2. The predicted molar refractivity (Wildman–Crippen MR) is 77.3 cm³/mol. The maximum atomic E-state index is 9.56. The molecule has 0 amide bonds. The molecule has 0 aromatic heterocycles. The zero-order valence-electron chi connectivity index (χ0n) is 11.5. The fourth-order valence-corrected chi connectivity index (χ4v) is 2.50. The van der Waals surface area contributed by atoms with Gasteiger partial charge in [-0.05, 0) is 49.4 Å². The Bertz CT molecular complexity index is 417. The van der Waals surface area contributed by atoms with Gasteiger partial charge in [-0.25, -0.2) is 0 Å². The van der Waals surface area contributed by atoms with Crippen molar-refractivity contribution in [3.05, 3.63) is 42.0 Å². The van der Waals surface area contributed by atoms with Gasteiger partial charge in [0.25, 0.3) is 0 Å². The fraction of sp³-hybridized carbons (Fsp3) is 0.500. The van der Waals surface area contributed by atoms with Crippen LogP contribution in [0.3, 0.4) is 0 Å². The molecule has 2 atom stereocenters. The Kier molecular flexibility index (Phi) is 5.43.